The molecule has 0 spiro atoms. The van der Waals surface area contributed by atoms with Gasteiger partial charge in [-0.05, 0) is 37.1 Å². The Morgan fingerprint density at radius 3 is 1.61 bits per heavy atom. The average Bonchev–Trinajstić information content (AvgIpc) is 2.13. The van der Waals surface area contributed by atoms with E-state index in [1.165, 1.54) is 6.92 Å². The summed E-state index contributed by atoms with van der Waals surface area (Å²) in [5.74, 6) is 0. The molecule has 0 heterocycles. The Hall–Kier alpha value is -0.910. The van der Waals surface area contributed by atoms with Crippen molar-refractivity contribution in [3.63, 3.8) is 0 Å². The summed E-state index contributed by atoms with van der Waals surface area (Å²) in [6.45, 7) is 1.50. The van der Waals surface area contributed by atoms with E-state index in [1.807, 2.05) is 0 Å². The summed E-state index contributed by atoms with van der Waals surface area (Å²) in [5, 5.41) is -0.547. The van der Waals surface area contributed by atoms with Gasteiger partial charge in [-0.1, -0.05) is 0 Å². The van der Waals surface area contributed by atoms with Gasteiger partial charge in [0.2, 0.25) is 0 Å². The van der Waals surface area contributed by atoms with Crippen LogP contribution in [0.2, 0.25) is 0 Å². The quantitative estimate of drug-likeness (QED) is 0.537. The third-order valence-corrected chi connectivity index (χ3v) is 2.32. The van der Waals surface area contributed by atoms with Crippen molar-refractivity contribution in [1.29, 1.82) is 0 Å². The molecular weight excluding hydrogens is 282 g/mol. The van der Waals surface area contributed by atoms with E-state index in [4.69, 9.17) is 11.6 Å². The Bertz CT molecular complexity index is 386. The summed E-state index contributed by atoms with van der Waals surface area (Å²) < 4.78 is 74.8. The highest BCUT2D eigenvalue weighted by molar-refractivity contribution is 6.20. The van der Waals surface area contributed by atoms with Crippen molar-refractivity contribution in [2.45, 2.75) is 31.1 Å². The van der Waals surface area contributed by atoms with Crippen molar-refractivity contribution < 1.29 is 26.3 Å². The van der Waals surface area contributed by atoms with Crippen molar-refractivity contribution in [1.82, 2.24) is 0 Å². The van der Waals surface area contributed by atoms with E-state index in [-0.39, 0.29) is 18.1 Å². The Morgan fingerprint density at radius 1 is 0.944 bits per heavy atom. The van der Waals surface area contributed by atoms with E-state index in [2.05, 4.69) is 0 Å². The minimum Gasteiger partial charge on any atom is -0.166 e. The van der Waals surface area contributed by atoms with E-state index in [0.29, 0.717) is 12.1 Å². The summed E-state index contributed by atoms with van der Waals surface area (Å²) in [6.07, 6.45) is -9.69. The normalized spacial score (nSPS) is 14.7. The van der Waals surface area contributed by atoms with Gasteiger partial charge in [0.05, 0.1) is 11.1 Å². The Kier molecular flexibility index (Phi) is 4.20. The van der Waals surface area contributed by atoms with Crippen LogP contribution >= 0.6 is 11.6 Å². The molecule has 1 rings (SSSR count). The van der Waals surface area contributed by atoms with Crippen LogP contribution in [0.5, 0.6) is 0 Å². The molecule has 0 aliphatic rings. The molecule has 102 valence electrons. The van der Waals surface area contributed by atoms with Gasteiger partial charge in [0.1, 0.15) is 0 Å². The maximum atomic E-state index is 12.5. The lowest BCUT2D eigenvalue weighted by molar-refractivity contribution is -0.143. The minimum atomic E-state index is -4.81. The van der Waals surface area contributed by atoms with Gasteiger partial charge in [0.25, 0.3) is 0 Å². The average molecular weight is 291 g/mol. The van der Waals surface area contributed by atoms with Gasteiger partial charge in [-0.25, -0.2) is 0 Å². The van der Waals surface area contributed by atoms with Crippen molar-refractivity contribution in [2.24, 2.45) is 0 Å². The van der Waals surface area contributed by atoms with Gasteiger partial charge in [-0.3, -0.25) is 0 Å². The molecule has 0 aliphatic heterocycles. The monoisotopic (exact) mass is 290 g/mol. The second-order valence-electron chi connectivity index (χ2n) is 3.90. The SMILES string of the molecule is CC(Cl)Cc1cc(C(F)(F)F)cc(C(F)(F)F)c1. The first-order valence-corrected chi connectivity index (χ1v) is 5.36. The lowest BCUT2D eigenvalue weighted by Gasteiger charge is -2.14. The summed E-state index contributed by atoms with van der Waals surface area (Å²) >= 11 is 5.58. The highest BCUT2D eigenvalue weighted by Gasteiger charge is 2.36. The first-order chi connectivity index (χ1) is 8.00. The lowest BCUT2D eigenvalue weighted by Crippen LogP contribution is -2.12. The Labute approximate surface area is 105 Å². The molecule has 0 amide bonds. The lowest BCUT2D eigenvalue weighted by atomic mass is 10.0. The van der Waals surface area contributed by atoms with E-state index in [9.17, 15) is 26.3 Å². The van der Waals surface area contributed by atoms with Gasteiger partial charge >= 0.3 is 12.4 Å². The molecule has 1 unspecified atom stereocenters. The number of hydrogen-bond donors (Lipinski definition) is 0. The van der Waals surface area contributed by atoms with Crippen molar-refractivity contribution in [2.75, 3.05) is 0 Å². The molecule has 7 heteroatoms. The summed E-state index contributed by atoms with van der Waals surface area (Å²) in [4.78, 5) is 0. The van der Waals surface area contributed by atoms with Crippen LogP contribution in [0.3, 0.4) is 0 Å². The predicted molar refractivity (Wildman–Crippen MR) is 55.5 cm³/mol. The van der Waals surface area contributed by atoms with Crippen LogP contribution in [0.1, 0.15) is 23.6 Å². The maximum absolute atomic E-state index is 12.5. The van der Waals surface area contributed by atoms with Crippen molar-refractivity contribution in [3.8, 4) is 0 Å². The number of alkyl halides is 7. The zero-order chi connectivity index (χ0) is 14.1. The molecule has 18 heavy (non-hydrogen) atoms. The van der Waals surface area contributed by atoms with Crippen LogP contribution in [-0.2, 0) is 18.8 Å². The largest absolute Gasteiger partial charge is 0.416 e. The zero-order valence-corrected chi connectivity index (χ0v) is 9.92. The summed E-state index contributed by atoms with van der Waals surface area (Å²) in [6, 6.07) is 1.48. The second-order valence-corrected chi connectivity index (χ2v) is 4.64. The zero-order valence-electron chi connectivity index (χ0n) is 9.16. The van der Waals surface area contributed by atoms with Crippen LogP contribution in [0.25, 0.3) is 0 Å². The molecule has 1 aromatic rings. The molecule has 0 aromatic heterocycles. The van der Waals surface area contributed by atoms with Crippen LogP contribution in [0.4, 0.5) is 26.3 Å². The van der Waals surface area contributed by atoms with Gasteiger partial charge in [0.15, 0.2) is 0 Å². The highest BCUT2D eigenvalue weighted by Crippen LogP contribution is 2.36. The molecule has 0 bridgehead atoms. The van der Waals surface area contributed by atoms with E-state index in [1.54, 1.807) is 0 Å². The Balaban J connectivity index is 3.29. The first-order valence-electron chi connectivity index (χ1n) is 4.92. The van der Waals surface area contributed by atoms with E-state index >= 15 is 0 Å². The molecule has 0 aliphatic carbocycles. The topological polar surface area (TPSA) is 0 Å². The maximum Gasteiger partial charge on any atom is 0.416 e. The van der Waals surface area contributed by atoms with Crippen LogP contribution in [0, 0.1) is 0 Å². The fourth-order valence-corrected chi connectivity index (χ4v) is 1.64. The van der Waals surface area contributed by atoms with Crippen LogP contribution < -0.4 is 0 Å². The highest BCUT2D eigenvalue weighted by atomic mass is 35.5. The third kappa shape index (κ3) is 4.08. The fourth-order valence-electron chi connectivity index (χ4n) is 1.46. The smallest absolute Gasteiger partial charge is 0.166 e. The van der Waals surface area contributed by atoms with Gasteiger partial charge in [0, 0.05) is 5.38 Å². The van der Waals surface area contributed by atoms with Crippen molar-refractivity contribution >= 4 is 11.6 Å². The fraction of sp³-hybridized carbons (Fsp3) is 0.455. The molecule has 0 saturated carbocycles. The second kappa shape index (κ2) is 4.99. The number of benzene rings is 1. The van der Waals surface area contributed by atoms with Crippen LogP contribution in [0.15, 0.2) is 18.2 Å². The number of hydrogen-bond acceptors (Lipinski definition) is 0. The molecule has 0 saturated heterocycles. The molecule has 0 radical (unpaired) electrons. The predicted octanol–water partition coefficient (Wildman–Crippen LogP) is 4.89. The Morgan fingerprint density at radius 2 is 1.33 bits per heavy atom. The van der Waals surface area contributed by atoms with Gasteiger partial charge in [-0.2, -0.15) is 26.3 Å². The van der Waals surface area contributed by atoms with Gasteiger partial charge in [-0.15, -0.1) is 11.6 Å². The molecular formula is C11H9ClF6. The molecule has 0 fully saturated rings. The molecule has 0 nitrogen and oxygen atoms in total. The number of halogens is 7. The van der Waals surface area contributed by atoms with Crippen molar-refractivity contribution in [3.05, 3.63) is 34.9 Å². The van der Waals surface area contributed by atoms with Crippen LogP contribution in [-0.4, -0.2) is 5.38 Å². The minimum absolute atomic E-state index is 0.0610. The van der Waals surface area contributed by atoms with Gasteiger partial charge < -0.3 is 0 Å². The van der Waals surface area contributed by atoms with E-state index in [0.717, 1.165) is 0 Å². The molecule has 1 aromatic carbocycles. The molecule has 1 atom stereocenters. The van der Waals surface area contributed by atoms with E-state index < -0.39 is 28.9 Å². The summed E-state index contributed by atoms with van der Waals surface area (Å²) in [5.41, 5.74) is -2.71. The summed E-state index contributed by atoms with van der Waals surface area (Å²) in [7, 11) is 0. The first kappa shape index (κ1) is 15.1. The molecule has 0 N–H and O–H groups in total. The standard InChI is InChI=1S/C11H9ClF6/c1-6(12)2-7-3-8(10(13,14)15)5-9(4-7)11(16,17)18/h3-6H,2H2,1H3. The third-order valence-electron chi connectivity index (χ3n) is 2.16. The number of rotatable bonds is 2.